The summed E-state index contributed by atoms with van der Waals surface area (Å²) >= 11 is 0. The van der Waals surface area contributed by atoms with Crippen LogP contribution >= 0.6 is 0 Å². The second kappa shape index (κ2) is 5.08. The minimum atomic E-state index is 0.450. The quantitative estimate of drug-likeness (QED) is 0.786. The summed E-state index contributed by atoms with van der Waals surface area (Å²) in [4.78, 5) is 4.31. The van der Waals surface area contributed by atoms with Crippen molar-refractivity contribution in [1.82, 2.24) is 0 Å². The highest BCUT2D eigenvalue weighted by Gasteiger charge is 2.18. The van der Waals surface area contributed by atoms with Gasteiger partial charge in [-0.05, 0) is 37.2 Å². The Hall–Kier alpha value is -1.15. The molecule has 1 aromatic carbocycles. The fourth-order valence-electron chi connectivity index (χ4n) is 2.30. The lowest BCUT2D eigenvalue weighted by atomic mass is 9.83. The zero-order valence-corrected chi connectivity index (χ0v) is 9.02. The number of nitrogens with zero attached hydrogens (tertiary/aromatic N) is 1. The first kappa shape index (κ1) is 10.4. The van der Waals surface area contributed by atoms with Crippen molar-refractivity contribution in [3.63, 3.8) is 0 Å². The molecule has 0 aromatic heterocycles. The maximum absolute atomic E-state index is 5.42. The predicted octanol–water partition coefficient (Wildman–Crippen LogP) is 2.70. The average molecular weight is 202 g/mol. The van der Waals surface area contributed by atoms with Gasteiger partial charge in [-0.1, -0.05) is 30.3 Å². The molecule has 80 valence electrons. The normalized spacial score (nSPS) is 21.4. The third-order valence-electron chi connectivity index (χ3n) is 3.15. The first-order chi connectivity index (χ1) is 7.40. The van der Waals surface area contributed by atoms with E-state index in [2.05, 4.69) is 35.3 Å². The third-order valence-corrected chi connectivity index (χ3v) is 3.15. The summed E-state index contributed by atoms with van der Waals surface area (Å²) in [5, 5.41) is 0. The van der Waals surface area contributed by atoms with E-state index < -0.39 is 0 Å². The van der Waals surface area contributed by atoms with Crippen LogP contribution in [0.25, 0.3) is 0 Å². The van der Waals surface area contributed by atoms with Crippen LogP contribution in [0.3, 0.4) is 0 Å². The van der Waals surface area contributed by atoms with E-state index in [1.807, 2.05) is 0 Å². The van der Waals surface area contributed by atoms with Crippen LogP contribution in [0.1, 0.15) is 37.2 Å². The van der Waals surface area contributed by atoms with E-state index in [-0.39, 0.29) is 0 Å². The van der Waals surface area contributed by atoms with E-state index in [1.54, 1.807) is 0 Å². The van der Waals surface area contributed by atoms with Crippen molar-refractivity contribution in [2.45, 2.75) is 31.6 Å². The van der Waals surface area contributed by atoms with Crippen LogP contribution in [0, 0.1) is 0 Å². The van der Waals surface area contributed by atoms with E-state index in [9.17, 15) is 0 Å². The standard InChI is InChI=1S/C13H18N2/c14-10-15-13-8-6-12(7-9-13)11-4-2-1-3-5-11/h1-5,12H,6-10,14H2. The van der Waals surface area contributed by atoms with Crippen LogP contribution in [0.5, 0.6) is 0 Å². The Bertz CT molecular complexity index is 320. The van der Waals surface area contributed by atoms with Crippen LogP contribution in [-0.2, 0) is 0 Å². The largest absolute Gasteiger partial charge is 0.312 e. The summed E-state index contributed by atoms with van der Waals surface area (Å²) in [6.45, 7) is 0.450. The van der Waals surface area contributed by atoms with E-state index in [4.69, 9.17) is 5.73 Å². The van der Waals surface area contributed by atoms with Gasteiger partial charge in [0.2, 0.25) is 0 Å². The number of rotatable bonds is 2. The minimum absolute atomic E-state index is 0.450. The van der Waals surface area contributed by atoms with Crippen molar-refractivity contribution in [3.8, 4) is 0 Å². The first-order valence-corrected chi connectivity index (χ1v) is 5.67. The van der Waals surface area contributed by atoms with Gasteiger partial charge in [0.15, 0.2) is 0 Å². The van der Waals surface area contributed by atoms with Crippen LogP contribution in [0.4, 0.5) is 0 Å². The molecule has 0 spiro atoms. The van der Waals surface area contributed by atoms with Gasteiger partial charge in [0.05, 0.1) is 6.67 Å². The molecule has 0 radical (unpaired) electrons. The van der Waals surface area contributed by atoms with E-state index in [0.717, 1.165) is 18.8 Å². The summed E-state index contributed by atoms with van der Waals surface area (Å²) < 4.78 is 0. The second-order valence-electron chi connectivity index (χ2n) is 4.09. The Morgan fingerprint density at radius 3 is 2.40 bits per heavy atom. The SMILES string of the molecule is NCN=C1CCC(c2ccccc2)CC1. The van der Waals surface area contributed by atoms with Crippen LogP contribution in [0.2, 0.25) is 0 Å². The summed E-state index contributed by atoms with van der Waals surface area (Å²) in [6, 6.07) is 10.8. The highest BCUT2D eigenvalue weighted by molar-refractivity contribution is 5.85. The number of benzene rings is 1. The molecule has 2 nitrogen and oxygen atoms in total. The van der Waals surface area contributed by atoms with Gasteiger partial charge >= 0.3 is 0 Å². The molecular formula is C13H18N2. The Balaban J connectivity index is 1.97. The van der Waals surface area contributed by atoms with E-state index in [0.29, 0.717) is 6.67 Å². The molecule has 1 aliphatic carbocycles. The minimum Gasteiger partial charge on any atom is -0.312 e. The molecule has 0 aliphatic heterocycles. The lowest BCUT2D eigenvalue weighted by molar-refractivity contribution is 0.565. The second-order valence-corrected chi connectivity index (χ2v) is 4.09. The maximum Gasteiger partial charge on any atom is 0.0858 e. The molecule has 1 fully saturated rings. The van der Waals surface area contributed by atoms with E-state index >= 15 is 0 Å². The zero-order chi connectivity index (χ0) is 10.5. The molecule has 1 aliphatic rings. The molecule has 2 rings (SSSR count). The Labute approximate surface area is 91.2 Å². The predicted molar refractivity (Wildman–Crippen MR) is 64.1 cm³/mol. The lowest BCUT2D eigenvalue weighted by Crippen LogP contribution is -2.14. The molecule has 2 N–H and O–H groups in total. The number of aliphatic imine (C=N–C) groups is 1. The molecule has 2 heteroatoms. The summed E-state index contributed by atoms with van der Waals surface area (Å²) in [7, 11) is 0. The number of nitrogens with two attached hydrogens (primary N) is 1. The van der Waals surface area contributed by atoms with Crippen molar-refractivity contribution >= 4 is 5.71 Å². The summed E-state index contributed by atoms with van der Waals surface area (Å²) in [6.07, 6.45) is 4.69. The molecule has 0 atom stereocenters. The van der Waals surface area contributed by atoms with Crippen LogP contribution in [-0.4, -0.2) is 12.4 Å². The molecule has 1 saturated carbocycles. The molecule has 15 heavy (non-hydrogen) atoms. The van der Waals surface area contributed by atoms with Crippen molar-refractivity contribution in [1.29, 1.82) is 0 Å². The van der Waals surface area contributed by atoms with Crippen molar-refractivity contribution < 1.29 is 0 Å². The van der Waals surface area contributed by atoms with Gasteiger partial charge in [-0.15, -0.1) is 0 Å². The molecule has 0 unspecified atom stereocenters. The molecule has 0 bridgehead atoms. The Morgan fingerprint density at radius 1 is 1.13 bits per heavy atom. The summed E-state index contributed by atoms with van der Waals surface area (Å²) in [5.41, 5.74) is 8.20. The fraction of sp³-hybridized carbons (Fsp3) is 0.462. The zero-order valence-electron chi connectivity index (χ0n) is 9.02. The van der Waals surface area contributed by atoms with E-state index in [1.165, 1.54) is 24.1 Å². The van der Waals surface area contributed by atoms with Crippen molar-refractivity contribution in [2.75, 3.05) is 6.67 Å². The Morgan fingerprint density at radius 2 is 1.80 bits per heavy atom. The smallest absolute Gasteiger partial charge is 0.0858 e. The van der Waals surface area contributed by atoms with Gasteiger partial charge < -0.3 is 5.73 Å². The number of hydrogen-bond donors (Lipinski definition) is 1. The molecular weight excluding hydrogens is 184 g/mol. The molecule has 0 saturated heterocycles. The van der Waals surface area contributed by atoms with Crippen molar-refractivity contribution in [2.24, 2.45) is 10.7 Å². The molecule has 0 amide bonds. The monoisotopic (exact) mass is 202 g/mol. The molecule has 1 aromatic rings. The Kier molecular flexibility index (Phi) is 3.51. The van der Waals surface area contributed by atoms with Gasteiger partial charge in [0, 0.05) is 5.71 Å². The summed E-state index contributed by atoms with van der Waals surface area (Å²) in [5.74, 6) is 0.725. The fourth-order valence-corrected chi connectivity index (χ4v) is 2.30. The maximum atomic E-state index is 5.42. The number of hydrogen-bond acceptors (Lipinski definition) is 2. The highest BCUT2D eigenvalue weighted by atomic mass is 14.9. The van der Waals surface area contributed by atoms with Crippen molar-refractivity contribution in [3.05, 3.63) is 35.9 Å². The lowest BCUT2D eigenvalue weighted by Gasteiger charge is -2.23. The van der Waals surface area contributed by atoms with Gasteiger partial charge in [-0.25, -0.2) is 0 Å². The highest BCUT2D eigenvalue weighted by Crippen LogP contribution is 2.31. The average Bonchev–Trinajstić information content (AvgIpc) is 2.32. The topological polar surface area (TPSA) is 38.4 Å². The van der Waals surface area contributed by atoms with Crippen LogP contribution < -0.4 is 5.73 Å². The van der Waals surface area contributed by atoms with Gasteiger partial charge in [0.1, 0.15) is 0 Å². The van der Waals surface area contributed by atoms with Crippen LogP contribution in [0.15, 0.2) is 35.3 Å². The van der Waals surface area contributed by atoms with Gasteiger partial charge in [-0.2, -0.15) is 0 Å². The van der Waals surface area contributed by atoms with Gasteiger partial charge in [-0.3, -0.25) is 4.99 Å². The van der Waals surface area contributed by atoms with Gasteiger partial charge in [0.25, 0.3) is 0 Å². The third kappa shape index (κ3) is 2.66. The molecule has 0 heterocycles. The first-order valence-electron chi connectivity index (χ1n) is 5.67.